The zero-order chi connectivity index (χ0) is 26.5. The standard InChI is InChI=1S/C27H22FN9O2/c28-18-2-1-15(20(9-18)16-7-14-5-6-29-24(14)31-12-16)11-30-22-10-23(33-19-3-4-19)37-25(35-22)17(13-32-37)8-21-26(38)36-27(39)34-21/h1-2,5-10,12-13,19,33H,3-4,11H2,(H,29,31)(H,30,35)(H2,34,36,38,39)/b21-8-. The molecule has 0 unspecified atom stereocenters. The van der Waals surface area contributed by atoms with Gasteiger partial charge >= 0.3 is 6.03 Å². The van der Waals surface area contributed by atoms with Gasteiger partial charge in [-0.25, -0.2) is 19.2 Å². The molecule has 39 heavy (non-hydrogen) atoms. The third-order valence-electron chi connectivity index (χ3n) is 6.69. The summed E-state index contributed by atoms with van der Waals surface area (Å²) in [6.07, 6.45) is 8.81. The van der Waals surface area contributed by atoms with Crippen molar-refractivity contribution in [2.24, 2.45) is 0 Å². The number of pyridine rings is 1. The largest absolute Gasteiger partial charge is 0.367 e. The van der Waals surface area contributed by atoms with Gasteiger partial charge in [-0.15, -0.1) is 0 Å². The monoisotopic (exact) mass is 523 g/mol. The number of nitrogens with one attached hydrogen (secondary N) is 5. The number of carbonyl (C=O) groups excluding carboxylic acids is 2. The molecule has 0 atom stereocenters. The Morgan fingerprint density at radius 3 is 2.82 bits per heavy atom. The highest BCUT2D eigenvalue weighted by atomic mass is 19.1. The molecule has 11 nitrogen and oxygen atoms in total. The average molecular weight is 524 g/mol. The summed E-state index contributed by atoms with van der Waals surface area (Å²) in [5, 5.41) is 16.9. The lowest BCUT2D eigenvalue weighted by Gasteiger charge is -2.14. The Morgan fingerprint density at radius 1 is 1.10 bits per heavy atom. The van der Waals surface area contributed by atoms with Gasteiger partial charge in [0.05, 0.1) is 6.20 Å². The molecule has 0 spiro atoms. The second-order valence-electron chi connectivity index (χ2n) is 9.54. The number of fused-ring (bicyclic) bond motifs is 2. The summed E-state index contributed by atoms with van der Waals surface area (Å²) in [6, 6.07) is 10.2. The molecule has 5 aromatic rings. The van der Waals surface area contributed by atoms with E-state index in [4.69, 9.17) is 4.98 Å². The van der Waals surface area contributed by atoms with E-state index < -0.39 is 11.9 Å². The average Bonchev–Trinajstić information content (AvgIpc) is 3.31. The number of anilines is 2. The van der Waals surface area contributed by atoms with E-state index in [2.05, 4.69) is 36.3 Å². The number of carbonyl (C=O) groups is 2. The summed E-state index contributed by atoms with van der Waals surface area (Å²) in [7, 11) is 0. The minimum Gasteiger partial charge on any atom is -0.367 e. The molecule has 1 aliphatic carbocycles. The van der Waals surface area contributed by atoms with Crippen molar-refractivity contribution in [2.45, 2.75) is 25.4 Å². The predicted molar refractivity (Wildman–Crippen MR) is 143 cm³/mol. The Kier molecular flexibility index (Phi) is 5.25. The number of hydrogen-bond donors (Lipinski definition) is 5. The smallest absolute Gasteiger partial charge is 0.326 e. The number of aromatic nitrogens is 5. The van der Waals surface area contributed by atoms with E-state index >= 15 is 0 Å². The lowest BCUT2D eigenvalue weighted by Crippen LogP contribution is -2.22. The molecule has 5 heterocycles. The third kappa shape index (κ3) is 4.41. The van der Waals surface area contributed by atoms with Crippen molar-refractivity contribution in [3.8, 4) is 11.1 Å². The third-order valence-corrected chi connectivity index (χ3v) is 6.69. The molecule has 0 bridgehead atoms. The van der Waals surface area contributed by atoms with Crippen molar-refractivity contribution in [1.29, 1.82) is 0 Å². The van der Waals surface area contributed by atoms with E-state index in [1.165, 1.54) is 12.1 Å². The fraction of sp³-hybridized carbons (Fsp3) is 0.148. The highest BCUT2D eigenvalue weighted by Gasteiger charge is 2.25. The summed E-state index contributed by atoms with van der Waals surface area (Å²) < 4.78 is 16.0. The maximum Gasteiger partial charge on any atom is 0.326 e. The minimum atomic E-state index is -0.574. The summed E-state index contributed by atoms with van der Waals surface area (Å²) in [4.78, 5) is 35.9. The van der Waals surface area contributed by atoms with Crippen molar-refractivity contribution < 1.29 is 14.0 Å². The first-order chi connectivity index (χ1) is 19.0. The molecular weight excluding hydrogens is 501 g/mol. The SMILES string of the molecule is O=C1NC(=O)/C(=C/c2cnn3c(NC4CC4)cc(NCc4ccc(F)cc4-c4cnc5[nH]ccc5c4)nc23)N1. The van der Waals surface area contributed by atoms with E-state index in [-0.39, 0.29) is 11.5 Å². The number of hydrogen-bond acceptors (Lipinski definition) is 7. The van der Waals surface area contributed by atoms with Gasteiger partial charge < -0.3 is 20.9 Å². The van der Waals surface area contributed by atoms with Crippen LogP contribution in [0, 0.1) is 5.82 Å². The van der Waals surface area contributed by atoms with Crippen LogP contribution in [-0.2, 0) is 11.3 Å². The van der Waals surface area contributed by atoms with Gasteiger partial charge in [0.2, 0.25) is 0 Å². The molecule has 12 heteroatoms. The topological polar surface area (TPSA) is 141 Å². The van der Waals surface area contributed by atoms with Crippen molar-refractivity contribution in [1.82, 2.24) is 35.2 Å². The van der Waals surface area contributed by atoms with E-state index in [9.17, 15) is 14.0 Å². The molecule has 194 valence electrons. The number of imide groups is 1. The van der Waals surface area contributed by atoms with E-state index in [1.807, 2.05) is 24.4 Å². The molecule has 2 fully saturated rings. The molecule has 1 saturated carbocycles. The molecule has 1 saturated heterocycles. The fourth-order valence-corrected chi connectivity index (χ4v) is 4.59. The molecular formula is C27H22FN9O2. The van der Waals surface area contributed by atoms with Crippen molar-refractivity contribution in [3.63, 3.8) is 0 Å². The Hall–Kier alpha value is -5.26. The molecule has 7 rings (SSSR count). The Bertz CT molecular complexity index is 1820. The molecule has 0 radical (unpaired) electrons. The van der Waals surface area contributed by atoms with Crippen LogP contribution in [0.15, 0.2) is 60.7 Å². The van der Waals surface area contributed by atoms with Crippen molar-refractivity contribution >= 4 is 46.3 Å². The zero-order valence-electron chi connectivity index (χ0n) is 20.5. The second kappa shape index (κ2) is 8.94. The maximum absolute atomic E-state index is 14.3. The first-order valence-electron chi connectivity index (χ1n) is 12.5. The number of nitrogens with zero attached hydrogens (tertiary/aromatic N) is 4. The molecule has 1 aliphatic heterocycles. The minimum absolute atomic E-state index is 0.121. The van der Waals surface area contributed by atoms with Crippen LogP contribution in [-0.4, -0.2) is 42.5 Å². The van der Waals surface area contributed by atoms with Gasteiger partial charge in [-0.1, -0.05) is 6.07 Å². The predicted octanol–water partition coefficient (Wildman–Crippen LogP) is 3.78. The molecule has 3 amide bonds. The van der Waals surface area contributed by atoms with Gasteiger partial charge in [0.25, 0.3) is 5.91 Å². The zero-order valence-corrected chi connectivity index (χ0v) is 20.5. The number of benzene rings is 1. The number of H-pyrrole nitrogens is 1. The Balaban J connectivity index is 1.23. The van der Waals surface area contributed by atoms with Gasteiger partial charge in [-0.2, -0.15) is 9.61 Å². The highest BCUT2D eigenvalue weighted by Crippen LogP contribution is 2.30. The lowest BCUT2D eigenvalue weighted by atomic mass is 10.00. The number of aromatic amines is 1. The van der Waals surface area contributed by atoms with Crippen LogP contribution in [0.1, 0.15) is 24.0 Å². The summed E-state index contributed by atoms with van der Waals surface area (Å²) in [5.41, 5.74) is 4.37. The van der Waals surface area contributed by atoms with Crippen LogP contribution >= 0.6 is 0 Å². The molecule has 4 aromatic heterocycles. The van der Waals surface area contributed by atoms with Crippen LogP contribution in [0.4, 0.5) is 20.8 Å². The first kappa shape index (κ1) is 22.9. The van der Waals surface area contributed by atoms with E-state index in [0.29, 0.717) is 29.6 Å². The summed E-state index contributed by atoms with van der Waals surface area (Å²) in [6.45, 7) is 0.371. The summed E-state index contributed by atoms with van der Waals surface area (Å²) in [5.74, 6) is 0.468. The number of halogens is 1. The van der Waals surface area contributed by atoms with Crippen molar-refractivity contribution in [2.75, 3.05) is 10.6 Å². The Labute approximate surface area is 220 Å². The highest BCUT2D eigenvalue weighted by molar-refractivity contribution is 6.14. The molecule has 5 N–H and O–H groups in total. The van der Waals surface area contributed by atoms with Gasteiger partial charge in [0, 0.05) is 47.6 Å². The second-order valence-corrected chi connectivity index (χ2v) is 9.54. The van der Waals surface area contributed by atoms with E-state index in [0.717, 1.165) is 46.4 Å². The number of urea groups is 1. The molecule has 1 aromatic carbocycles. The van der Waals surface area contributed by atoms with Crippen LogP contribution in [0.5, 0.6) is 0 Å². The maximum atomic E-state index is 14.3. The van der Waals surface area contributed by atoms with Crippen LogP contribution < -0.4 is 21.3 Å². The van der Waals surface area contributed by atoms with Gasteiger partial charge in [0.1, 0.15) is 28.8 Å². The molecule has 2 aliphatic rings. The van der Waals surface area contributed by atoms with Crippen molar-refractivity contribution in [3.05, 3.63) is 77.6 Å². The normalized spacial score (nSPS) is 16.2. The lowest BCUT2D eigenvalue weighted by molar-refractivity contribution is -0.115. The number of amides is 3. The quantitative estimate of drug-likeness (QED) is 0.161. The fourth-order valence-electron chi connectivity index (χ4n) is 4.59. The van der Waals surface area contributed by atoms with Gasteiger partial charge in [-0.05, 0) is 54.3 Å². The van der Waals surface area contributed by atoms with Gasteiger partial charge in [0.15, 0.2) is 5.65 Å². The number of rotatable bonds is 7. The van der Waals surface area contributed by atoms with Crippen LogP contribution in [0.25, 0.3) is 33.9 Å². The van der Waals surface area contributed by atoms with E-state index in [1.54, 1.807) is 29.1 Å². The van der Waals surface area contributed by atoms with Crippen LogP contribution in [0.2, 0.25) is 0 Å². The van der Waals surface area contributed by atoms with Crippen LogP contribution in [0.3, 0.4) is 0 Å². The first-order valence-corrected chi connectivity index (χ1v) is 12.5. The summed E-state index contributed by atoms with van der Waals surface area (Å²) >= 11 is 0. The van der Waals surface area contributed by atoms with Gasteiger partial charge in [-0.3, -0.25) is 10.1 Å². The Morgan fingerprint density at radius 2 is 2.00 bits per heavy atom.